The number of piperazine rings is 1. The van der Waals surface area contributed by atoms with E-state index in [-0.39, 0.29) is 12.1 Å². The molecule has 1 aliphatic heterocycles. The van der Waals surface area contributed by atoms with Crippen molar-refractivity contribution < 1.29 is 14.3 Å². The zero-order valence-corrected chi connectivity index (χ0v) is 10.4. The van der Waals surface area contributed by atoms with Gasteiger partial charge in [-0.1, -0.05) is 0 Å². The molecule has 2 rings (SSSR count). The molecular formula is C12H16FN3O2. The Balaban J connectivity index is 2.17. The van der Waals surface area contributed by atoms with E-state index in [0.29, 0.717) is 13.1 Å². The van der Waals surface area contributed by atoms with E-state index >= 15 is 0 Å². The Hall–Kier alpha value is -1.85. The number of halogens is 1. The number of pyridine rings is 1. The third kappa shape index (κ3) is 2.37. The largest absolute Gasteiger partial charge is 0.465 e. The van der Waals surface area contributed by atoms with E-state index < -0.39 is 12.0 Å². The molecule has 0 aromatic carbocycles. The molecule has 6 heteroatoms. The van der Waals surface area contributed by atoms with Crippen LogP contribution in [0, 0.1) is 5.95 Å². The molecule has 1 aliphatic rings. The van der Waals surface area contributed by atoms with E-state index in [4.69, 9.17) is 5.11 Å². The Morgan fingerprint density at radius 1 is 1.44 bits per heavy atom. The van der Waals surface area contributed by atoms with Crippen LogP contribution in [0.5, 0.6) is 0 Å². The molecule has 0 aliphatic carbocycles. The minimum Gasteiger partial charge on any atom is -0.465 e. The zero-order valence-electron chi connectivity index (χ0n) is 10.4. The second kappa shape index (κ2) is 4.80. The highest BCUT2D eigenvalue weighted by atomic mass is 19.1. The molecule has 1 aromatic rings. The number of hydrogen-bond donors (Lipinski definition) is 1. The van der Waals surface area contributed by atoms with Crippen molar-refractivity contribution in [2.75, 3.05) is 18.0 Å². The van der Waals surface area contributed by atoms with E-state index in [1.54, 1.807) is 6.07 Å². The summed E-state index contributed by atoms with van der Waals surface area (Å²) in [6, 6.07) is 2.86. The molecule has 0 unspecified atom stereocenters. The summed E-state index contributed by atoms with van der Waals surface area (Å²) in [6.07, 6.45) is 0.513. The maximum absolute atomic E-state index is 13.1. The van der Waals surface area contributed by atoms with Crippen molar-refractivity contribution in [2.24, 2.45) is 0 Å². The maximum atomic E-state index is 13.1. The second-order valence-electron chi connectivity index (χ2n) is 4.63. The monoisotopic (exact) mass is 253 g/mol. The van der Waals surface area contributed by atoms with Gasteiger partial charge in [-0.15, -0.1) is 0 Å². The Bertz CT molecular complexity index is 443. The topological polar surface area (TPSA) is 56.7 Å². The molecule has 1 saturated heterocycles. The number of aromatic nitrogens is 1. The lowest BCUT2D eigenvalue weighted by Gasteiger charge is -2.43. The van der Waals surface area contributed by atoms with Crippen molar-refractivity contribution in [2.45, 2.75) is 25.9 Å². The van der Waals surface area contributed by atoms with Gasteiger partial charge in [0.1, 0.15) is 0 Å². The van der Waals surface area contributed by atoms with Crippen molar-refractivity contribution in [3.05, 3.63) is 24.3 Å². The summed E-state index contributed by atoms with van der Waals surface area (Å²) in [5.41, 5.74) is 0.742. The summed E-state index contributed by atoms with van der Waals surface area (Å²) in [4.78, 5) is 18.1. The summed E-state index contributed by atoms with van der Waals surface area (Å²) < 4.78 is 13.1. The second-order valence-corrected chi connectivity index (χ2v) is 4.63. The van der Waals surface area contributed by atoms with Gasteiger partial charge in [0.25, 0.3) is 0 Å². The van der Waals surface area contributed by atoms with Crippen LogP contribution in [0.15, 0.2) is 18.3 Å². The van der Waals surface area contributed by atoms with Crippen LogP contribution in [0.3, 0.4) is 0 Å². The van der Waals surface area contributed by atoms with Crippen molar-refractivity contribution in [1.29, 1.82) is 0 Å². The fourth-order valence-electron chi connectivity index (χ4n) is 2.50. The van der Waals surface area contributed by atoms with Gasteiger partial charge in [-0.3, -0.25) is 4.90 Å². The highest BCUT2D eigenvalue weighted by molar-refractivity contribution is 5.66. The van der Waals surface area contributed by atoms with Crippen molar-refractivity contribution >= 4 is 11.8 Å². The minimum atomic E-state index is -0.907. The van der Waals surface area contributed by atoms with Gasteiger partial charge in [0.2, 0.25) is 5.95 Å². The standard InChI is InChI=1S/C12H16FN3O2/c1-8-6-15(7-9(2)16(8)12(17)18)10-3-4-14-11(13)5-10/h3-5,8-9H,6-7H2,1-2H3,(H,17,18)/t8-,9-/m1/s1. The van der Waals surface area contributed by atoms with Crippen LogP contribution in [0.4, 0.5) is 14.9 Å². The molecule has 18 heavy (non-hydrogen) atoms. The van der Waals surface area contributed by atoms with Crippen LogP contribution in [-0.2, 0) is 0 Å². The average Bonchev–Trinajstić information content (AvgIpc) is 2.27. The molecule has 1 fully saturated rings. The van der Waals surface area contributed by atoms with E-state index in [2.05, 4.69) is 4.98 Å². The van der Waals surface area contributed by atoms with Gasteiger partial charge < -0.3 is 10.0 Å². The third-order valence-corrected chi connectivity index (χ3v) is 3.22. The minimum absolute atomic E-state index is 0.123. The molecule has 1 aromatic heterocycles. The van der Waals surface area contributed by atoms with Crippen molar-refractivity contribution in [3.63, 3.8) is 0 Å². The summed E-state index contributed by atoms with van der Waals surface area (Å²) in [5.74, 6) is -0.520. The Kier molecular flexibility index (Phi) is 3.36. The SMILES string of the molecule is C[C@@H]1CN(c2ccnc(F)c2)C[C@@H](C)N1C(=O)O. The molecule has 1 amide bonds. The lowest BCUT2D eigenvalue weighted by atomic mass is 10.1. The molecular weight excluding hydrogens is 237 g/mol. The van der Waals surface area contributed by atoms with E-state index in [1.807, 2.05) is 18.7 Å². The molecule has 0 bridgehead atoms. The van der Waals surface area contributed by atoms with E-state index in [0.717, 1.165) is 5.69 Å². The average molecular weight is 253 g/mol. The fourth-order valence-corrected chi connectivity index (χ4v) is 2.50. The van der Waals surface area contributed by atoms with Crippen LogP contribution in [0.1, 0.15) is 13.8 Å². The van der Waals surface area contributed by atoms with Gasteiger partial charge in [-0.2, -0.15) is 4.39 Å². The quantitative estimate of drug-likeness (QED) is 0.775. The molecule has 2 atom stereocenters. The lowest BCUT2D eigenvalue weighted by Crippen LogP contribution is -2.58. The Morgan fingerprint density at radius 2 is 2.06 bits per heavy atom. The summed E-state index contributed by atoms with van der Waals surface area (Å²) in [6.45, 7) is 4.82. The van der Waals surface area contributed by atoms with Gasteiger partial charge >= 0.3 is 6.09 Å². The smallest absolute Gasteiger partial charge is 0.407 e. The first kappa shape index (κ1) is 12.6. The Morgan fingerprint density at radius 3 is 2.56 bits per heavy atom. The molecule has 1 N–H and O–H groups in total. The molecule has 0 saturated carbocycles. The third-order valence-electron chi connectivity index (χ3n) is 3.22. The Labute approximate surface area is 105 Å². The van der Waals surface area contributed by atoms with Gasteiger partial charge in [0, 0.05) is 31.0 Å². The number of amides is 1. The van der Waals surface area contributed by atoms with Gasteiger partial charge in [-0.05, 0) is 19.9 Å². The number of nitrogens with zero attached hydrogens (tertiary/aromatic N) is 3. The number of rotatable bonds is 1. The summed E-state index contributed by atoms with van der Waals surface area (Å²) >= 11 is 0. The van der Waals surface area contributed by atoms with E-state index in [1.165, 1.54) is 17.2 Å². The van der Waals surface area contributed by atoms with Crippen LogP contribution in [0.2, 0.25) is 0 Å². The first-order chi connectivity index (χ1) is 8.49. The van der Waals surface area contributed by atoms with Crippen molar-refractivity contribution in [1.82, 2.24) is 9.88 Å². The normalized spacial score (nSPS) is 24.2. The number of carboxylic acid groups (broad SMARTS) is 1. The molecule has 98 valence electrons. The first-order valence-corrected chi connectivity index (χ1v) is 5.87. The fraction of sp³-hybridized carbons (Fsp3) is 0.500. The van der Waals surface area contributed by atoms with Crippen LogP contribution in [0.25, 0.3) is 0 Å². The highest BCUT2D eigenvalue weighted by Gasteiger charge is 2.32. The van der Waals surface area contributed by atoms with Gasteiger partial charge in [0.15, 0.2) is 0 Å². The van der Waals surface area contributed by atoms with Crippen molar-refractivity contribution in [3.8, 4) is 0 Å². The maximum Gasteiger partial charge on any atom is 0.407 e. The molecule has 0 spiro atoms. The predicted molar refractivity (Wildman–Crippen MR) is 65.2 cm³/mol. The van der Waals surface area contributed by atoms with Crippen LogP contribution in [-0.4, -0.2) is 46.3 Å². The molecule has 2 heterocycles. The predicted octanol–water partition coefficient (Wildman–Crippen LogP) is 1.80. The molecule has 0 radical (unpaired) electrons. The number of carbonyl (C=O) groups is 1. The lowest BCUT2D eigenvalue weighted by molar-refractivity contribution is 0.0982. The van der Waals surface area contributed by atoms with Gasteiger partial charge in [-0.25, -0.2) is 9.78 Å². The molecule has 5 nitrogen and oxygen atoms in total. The van der Waals surface area contributed by atoms with E-state index in [9.17, 15) is 9.18 Å². The number of anilines is 1. The first-order valence-electron chi connectivity index (χ1n) is 5.87. The van der Waals surface area contributed by atoms with Crippen LogP contribution < -0.4 is 4.90 Å². The number of hydrogen-bond acceptors (Lipinski definition) is 3. The summed E-state index contributed by atoms with van der Waals surface area (Å²) in [5, 5.41) is 9.12. The van der Waals surface area contributed by atoms with Gasteiger partial charge in [0.05, 0.1) is 12.1 Å². The summed E-state index contributed by atoms with van der Waals surface area (Å²) in [7, 11) is 0. The zero-order chi connectivity index (χ0) is 13.3. The highest BCUT2D eigenvalue weighted by Crippen LogP contribution is 2.22. The van der Waals surface area contributed by atoms with Crippen LogP contribution >= 0.6 is 0 Å².